The lowest BCUT2D eigenvalue weighted by Gasteiger charge is -2.15. The van der Waals surface area contributed by atoms with E-state index in [2.05, 4.69) is 10.0 Å². The van der Waals surface area contributed by atoms with Crippen LogP contribution in [0.1, 0.15) is 22.1 Å². The van der Waals surface area contributed by atoms with E-state index in [0.717, 1.165) is 17.7 Å². The number of carbonyl (C=O) groups is 1. The Balaban J connectivity index is 1.62. The molecule has 2 aromatic carbocycles. The van der Waals surface area contributed by atoms with Gasteiger partial charge in [-0.1, -0.05) is 30.3 Å². The van der Waals surface area contributed by atoms with Crippen molar-refractivity contribution >= 4 is 22.6 Å². The van der Waals surface area contributed by atoms with Crippen LogP contribution in [-0.2, 0) is 18.0 Å². The maximum atomic E-state index is 13.4. The lowest BCUT2D eigenvalue weighted by molar-refractivity contribution is 0.101. The Labute approximate surface area is 168 Å². The fraction of sp³-hybridized carbons (Fsp3) is 0.150. The number of rotatable bonds is 3. The van der Waals surface area contributed by atoms with Gasteiger partial charge in [0, 0.05) is 25.0 Å². The van der Waals surface area contributed by atoms with E-state index in [9.17, 15) is 17.8 Å². The molecule has 2 atom stereocenters. The molecule has 2 heterocycles. The molecule has 0 bridgehead atoms. The van der Waals surface area contributed by atoms with Crippen molar-refractivity contribution in [2.24, 2.45) is 7.05 Å². The van der Waals surface area contributed by atoms with Crippen LogP contribution in [0.4, 0.5) is 14.5 Å². The first-order valence-electron chi connectivity index (χ1n) is 8.75. The standard InChI is InChI=1S/C20H17F2N3O3S/c1-25-10-17-19(18(25)20(26)23-13-7-8-14(21)15(22)9-13)28-11-16(24-29(17)27)12-5-3-2-4-6-12/h2-10,16,24H,11H2,1H3,(H,23,26)/t16-,29?/m0/s1. The Bertz CT molecular complexity index is 1100. The highest BCUT2D eigenvalue weighted by molar-refractivity contribution is 7.83. The number of hydrogen-bond acceptors (Lipinski definition) is 3. The van der Waals surface area contributed by atoms with E-state index in [1.807, 2.05) is 30.3 Å². The van der Waals surface area contributed by atoms with E-state index >= 15 is 0 Å². The van der Waals surface area contributed by atoms with Gasteiger partial charge in [0.15, 0.2) is 23.1 Å². The van der Waals surface area contributed by atoms with Crippen LogP contribution in [0.2, 0.25) is 0 Å². The van der Waals surface area contributed by atoms with Crippen LogP contribution in [0.15, 0.2) is 59.6 Å². The van der Waals surface area contributed by atoms with Crippen LogP contribution in [-0.4, -0.2) is 21.3 Å². The highest BCUT2D eigenvalue weighted by Crippen LogP contribution is 2.33. The summed E-state index contributed by atoms with van der Waals surface area (Å²) in [5, 5.41) is 2.52. The number of halogens is 2. The normalized spacial score (nSPS) is 18.4. The Morgan fingerprint density at radius 1 is 1.21 bits per heavy atom. The fourth-order valence-electron chi connectivity index (χ4n) is 3.12. The van der Waals surface area contributed by atoms with Crippen LogP contribution in [0.3, 0.4) is 0 Å². The number of aryl methyl sites for hydroxylation is 1. The lowest BCUT2D eigenvalue weighted by Crippen LogP contribution is -2.26. The van der Waals surface area contributed by atoms with Crippen molar-refractivity contribution in [2.75, 3.05) is 11.9 Å². The Morgan fingerprint density at radius 3 is 2.69 bits per heavy atom. The molecule has 0 radical (unpaired) electrons. The zero-order valence-electron chi connectivity index (χ0n) is 15.3. The molecular formula is C20H17F2N3O3S. The summed E-state index contributed by atoms with van der Waals surface area (Å²) in [6.45, 7) is 0.165. The Hall–Kier alpha value is -3.04. The van der Waals surface area contributed by atoms with Gasteiger partial charge in [-0.05, 0) is 17.7 Å². The Kier molecular flexibility index (Phi) is 5.16. The SMILES string of the molecule is Cn1cc2c(c1C(=O)Nc1ccc(F)c(F)c1)OC[C@@H](c1ccccc1)NS2=O. The summed E-state index contributed by atoms with van der Waals surface area (Å²) in [4.78, 5) is 13.1. The van der Waals surface area contributed by atoms with Crippen molar-refractivity contribution in [1.82, 2.24) is 9.29 Å². The number of fused-ring (bicyclic) bond motifs is 1. The molecule has 4 rings (SSSR count). The van der Waals surface area contributed by atoms with E-state index in [0.29, 0.717) is 4.90 Å². The summed E-state index contributed by atoms with van der Waals surface area (Å²) in [7, 11) is 0.00738. The van der Waals surface area contributed by atoms with E-state index in [1.165, 1.54) is 10.6 Å². The van der Waals surface area contributed by atoms with Gasteiger partial charge in [-0.25, -0.2) is 17.7 Å². The van der Waals surface area contributed by atoms with Crippen molar-refractivity contribution in [3.8, 4) is 5.75 Å². The first-order chi connectivity index (χ1) is 13.9. The molecule has 9 heteroatoms. The van der Waals surface area contributed by atoms with Crippen molar-refractivity contribution in [2.45, 2.75) is 10.9 Å². The first-order valence-corrected chi connectivity index (χ1v) is 9.90. The second kappa shape index (κ2) is 7.76. The van der Waals surface area contributed by atoms with Gasteiger partial charge in [0.05, 0.1) is 6.04 Å². The minimum absolute atomic E-state index is 0.0962. The topological polar surface area (TPSA) is 72.4 Å². The summed E-state index contributed by atoms with van der Waals surface area (Å²) in [5.41, 5.74) is 1.13. The maximum Gasteiger partial charge on any atom is 0.276 e. The molecule has 6 nitrogen and oxygen atoms in total. The smallest absolute Gasteiger partial charge is 0.276 e. The molecule has 2 N–H and O–H groups in total. The quantitative estimate of drug-likeness (QED) is 0.687. The zero-order chi connectivity index (χ0) is 20.5. The number of ether oxygens (including phenoxy) is 1. The van der Waals surface area contributed by atoms with E-state index < -0.39 is 28.5 Å². The fourth-order valence-corrected chi connectivity index (χ4v) is 4.29. The molecule has 29 heavy (non-hydrogen) atoms. The largest absolute Gasteiger partial charge is 0.488 e. The highest BCUT2D eigenvalue weighted by Gasteiger charge is 2.30. The van der Waals surface area contributed by atoms with Crippen molar-refractivity contribution in [1.29, 1.82) is 0 Å². The third-order valence-electron chi connectivity index (χ3n) is 4.54. The molecule has 150 valence electrons. The molecule has 0 fully saturated rings. The van der Waals surface area contributed by atoms with Crippen LogP contribution in [0, 0.1) is 11.6 Å². The molecule has 0 saturated heterocycles. The first kappa shape index (κ1) is 19.3. The predicted molar refractivity (Wildman–Crippen MR) is 104 cm³/mol. The van der Waals surface area contributed by atoms with E-state index in [4.69, 9.17) is 4.74 Å². The average molecular weight is 417 g/mol. The Morgan fingerprint density at radius 2 is 1.97 bits per heavy atom. The second-order valence-corrected chi connectivity index (χ2v) is 7.74. The number of nitrogens with one attached hydrogen (secondary N) is 2. The second-order valence-electron chi connectivity index (χ2n) is 6.53. The minimum Gasteiger partial charge on any atom is -0.488 e. The van der Waals surface area contributed by atoms with Gasteiger partial charge in [-0.2, -0.15) is 0 Å². The molecule has 1 unspecified atom stereocenters. The van der Waals surface area contributed by atoms with Gasteiger partial charge in [-0.3, -0.25) is 4.79 Å². The lowest BCUT2D eigenvalue weighted by atomic mass is 10.1. The average Bonchev–Trinajstić information content (AvgIpc) is 2.96. The molecule has 1 aliphatic rings. The third-order valence-corrected chi connectivity index (χ3v) is 5.73. The number of anilines is 1. The van der Waals surface area contributed by atoms with Crippen LogP contribution in [0.25, 0.3) is 0 Å². The molecular weight excluding hydrogens is 400 g/mol. The monoisotopic (exact) mass is 417 g/mol. The summed E-state index contributed by atoms with van der Waals surface area (Å²) in [5.74, 6) is -2.47. The summed E-state index contributed by atoms with van der Waals surface area (Å²) in [6, 6.07) is 12.2. The highest BCUT2D eigenvalue weighted by atomic mass is 32.2. The molecule has 1 aromatic heterocycles. The van der Waals surface area contributed by atoms with Gasteiger partial charge in [0.2, 0.25) is 0 Å². The third kappa shape index (κ3) is 3.79. The molecule has 0 saturated carbocycles. The summed E-state index contributed by atoms with van der Waals surface area (Å²) >= 11 is 0. The van der Waals surface area contributed by atoms with Crippen LogP contribution in [0.5, 0.6) is 5.75 Å². The molecule has 1 aliphatic heterocycles. The van der Waals surface area contributed by atoms with Gasteiger partial charge in [-0.15, -0.1) is 0 Å². The van der Waals surface area contributed by atoms with Crippen molar-refractivity contribution in [3.63, 3.8) is 0 Å². The minimum atomic E-state index is -1.61. The number of carbonyl (C=O) groups excluding carboxylic acids is 1. The number of amides is 1. The molecule has 0 spiro atoms. The zero-order valence-corrected chi connectivity index (χ0v) is 16.1. The van der Waals surface area contributed by atoms with Gasteiger partial charge in [0.1, 0.15) is 22.5 Å². The number of aromatic nitrogens is 1. The maximum absolute atomic E-state index is 13.4. The van der Waals surface area contributed by atoms with Crippen molar-refractivity contribution in [3.05, 3.63) is 77.6 Å². The van der Waals surface area contributed by atoms with Gasteiger partial charge in [0.25, 0.3) is 5.91 Å². The summed E-state index contributed by atoms with van der Waals surface area (Å²) < 4.78 is 49.7. The van der Waals surface area contributed by atoms with E-state index in [1.54, 1.807) is 13.2 Å². The van der Waals surface area contributed by atoms with E-state index in [-0.39, 0.29) is 29.8 Å². The number of nitrogens with zero attached hydrogens (tertiary/aromatic N) is 1. The number of hydrogen-bond donors (Lipinski definition) is 2. The van der Waals surface area contributed by atoms with Gasteiger partial charge < -0.3 is 14.6 Å². The number of benzene rings is 2. The predicted octanol–water partition coefficient (Wildman–Crippen LogP) is 3.30. The summed E-state index contributed by atoms with van der Waals surface area (Å²) in [6.07, 6.45) is 1.55. The molecule has 0 aliphatic carbocycles. The van der Waals surface area contributed by atoms with Gasteiger partial charge >= 0.3 is 0 Å². The van der Waals surface area contributed by atoms with Crippen LogP contribution >= 0.6 is 0 Å². The van der Waals surface area contributed by atoms with Crippen LogP contribution < -0.4 is 14.8 Å². The molecule has 1 amide bonds. The molecule has 3 aromatic rings. The van der Waals surface area contributed by atoms with Crippen molar-refractivity contribution < 1.29 is 22.5 Å².